The van der Waals surface area contributed by atoms with Crippen molar-refractivity contribution >= 4 is 23.4 Å². The van der Waals surface area contributed by atoms with Gasteiger partial charge in [0, 0.05) is 31.5 Å². The van der Waals surface area contributed by atoms with E-state index in [2.05, 4.69) is 5.32 Å². The third-order valence-corrected chi connectivity index (χ3v) is 7.37. The molecule has 1 aromatic heterocycles. The largest absolute Gasteiger partial charge is 0.503 e. The number of hydrogen-bond donors (Lipinski definition) is 2. The van der Waals surface area contributed by atoms with Crippen molar-refractivity contribution in [2.45, 2.75) is 44.0 Å². The fourth-order valence-electron chi connectivity index (χ4n) is 5.29. The Bertz CT molecular complexity index is 1270. The Morgan fingerprint density at radius 3 is 2.85 bits per heavy atom. The normalized spacial score (nSPS) is 25.6. The maximum atomic E-state index is 14.2. The first kappa shape index (κ1) is 21.8. The van der Waals surface area contributed by atoms with Crippen molar-refractivity contribution in [3.05, 3.63) is 62.0 Å². The number of pyridine rings is 1. The first-order valence-corrected chi connectivity index (χ1v) is 10.9. The maximum absolute atomic E-state index is 14.2. The summed E-state index contributed by atoms with van der Waals surface area (Å²) in [4.78, 5) is 40.4. The molecule has 0 aliphatic carbocycles. The van der Waals surface area contributed by atoms with Gasteiger partial charge in [0.15, 0.2) is 11.4 Å². The standard InChI is InChI=1S/C22H20ClF2N3O5/c1-22-13-5-7-33-14(22)4-6-28(22)21(32)17-19(30)18(29)11(9-27(13)17)20(31)26-8-10-2-3-12(24)15(23)16(10)25/h2-3,9,13-14,30H,4-8H2,1H3,(H,26,31)/t13-,14?,22-/m0/s1. The summed E-state index contributed by atoms with van der Waals surface area (Å²) in [5.74, 6) is -4.13. The van der Waals surface area contributed by atoms with Crippen molar-refractivity contribution in [3.8, 4) is 5.75 Å². The molecular weight excluding hydrogens is 460 g/mol. The second-order valence-corrected chi connectivity index (χ2v) is 9.01. The highest BCUT2D eigenvalue weighted by Gasteiger charge is 2.59. The molecule has 0 bridgehead atoms. The molecule has 0 radical (unpaired) electrons. The number of benzene rings is 1. The Labute approximate surface area is 191 Å². The van der Waals surface area contributed by atoms with E-state index in [1.165, 1.54) is 10.8 Å². The number of aromatic hydroxyl groups is 1. The van der Waals surface area contributed by atoms with Gasteiger partial charge in [-0.25, -0.2) is 8.78 Å². The number of ether oxygens (including phenoxy) is 1. The van der Waals surface area contributed by atoms with Crippen LogP contribution >= 0.6 is 11.6 Å². The minimum atomic E-state index is -1.02. The van der Waals surface area contributed by atoms with Crippen LogP contribution in [0.25, 0.3) is 0 Å². The monoisotopic (exact) mass is 479 g/mol. The Kier molecular flexibility index (Phi) is 4.98. The van der Waals surface area contributed by atoms with Crippen molar-refractivity contribution in [1.29, 1.82) is 0 Å². The molecule has 2 saturated heterocycles. The summed E-state index contributed by atoms with van der Waals surface area (Å²) >= 11 is 5.57. The van der Waals surface area contributed by atoms with Gasteiger partial charge in [0.05, 0.1) is 17.7 Å². The minimum Gasteiger partial charge on any atom is -0.503 e. The number of nitrogens with one attached hydrogen (secondary N) is 1. The van der Waals surface area contributed by atoms with Crippen LogP contribution in [0.3, 0.4) is 0 Å². The molecule has 3 aliphatic heterocycles. The Morgan fingerprint density at radius 1 is 1.33 bits per heavy atom. The molecule has 2 fully saturated rings. The van der Waals surface area contributed by atoms with E-state index in [0.717, 1.165) is 12.1 Å². The summed E-state index contributed by atoms with van der Waals surface area (Å²) in [5, 5.41) is 12.3. The van der Waals surface area contributed by atoms with Crippen LogP contribution in [0.15, 0.2) is 23.1 Å². The van der Waals surface area contributed by atoms with E-state index in [-0.39, 0.29) is 29.9 Å². The highest BCUT2D eigenvalue weighted by atomic mass is 35.5. The third kappa shape index (κ3) is 3.00. The van der Waals surface area contributed by atoms with Gasteiger partial charge in [-0.15, -0.1) is 0 Å². The SMILES string of the molecule is C[C@]12C3CCN1C(=O)c1c(O)c(=O)c(C(=O)NCc4ccc(F)c(Cl)c4F)cn1[C@H]2CCO3. The average Bonchev–Trinajstić information content (AvgIpc) is 3.14. The van der Waals surface area contributed by atoms with Crippen molar-refractivity contribution < 1.29 is 28.2 Å². The summed E-state index contributed by atoms with van der Waals surface area (Å²) < 4.78 is 34.9. The summed E-state index contributed by atoms with van der Waals surface area (Å²) in [5.41, 5.74) is -2.30. The van der Waals surface area contributed by atoms with E-state index in [9.17, 15) is 28.3 Å². The lowest BCUT2D eigenvalue weighted by Gasteiger charge is -2.52. The highest BCUT2D eigenvalue weighted by Crippen LogP contribution is 2.49. The zero-order valence-corrected chi connectivity index (χ0v) is 18.3. The van der Waals surface area contributed by atoms with E-state index in [0.29, 0.717) is 26.0 Å². The Balaban J connectivity index is 1.52. The van der Waals surface area contributed by atoms with Gasteiger partial charge in [-0.2, -0.15) is 0 Å². The van der Waals surface area contributed by atoms with Gasteiger partial charge in [0.1, 0.15) is 22.2 Å². The second kappa shape index (κ2) is 7.53. The smallest absolute Gasteiger partial charge is 0.275 e. The number of nitrogens with zero attached hydrogens (tertiary/aromatic N) is 2. The fraction of sp³-hybridized carbons (Fsp3) is 0.409. The molecule has 8 nitrogen and oxygen atoms in total. The van der Waals surface area contributed by atoms with Crippen LogP contribution in [0.5, 0.6) is 5.75 Å². The molecule has 33 heavy (non-hydrogen) atoms. The topological polar surface area (TPSA) is 101 Å². The number of hydrogen-bond acceptors (Lipinski definition) is 5. The van der Waals surface area contributed by atoms with Gasteiger partial charge in [0.2, 0.25) is 5.43 Å². The summed E-state index contributed by atoms with van der Waals surface area (Å²) in [6.45, 7) is 2.42. The molecule has 4 heterocycles. The van der Waals surface area contributed by atoms with Gasteiger partial charge in [-0.1, -0.05) is 17.7 Å². The lowest BCUT2D eigenvalue weighted by atomic mass is 9.80. The number of carbonyl (C=O) groups is 2. The van der Waals surface area contributed by atoms with Crippen molar-refractivity contribution in [2.75, 3.05) is 13.2 Å². The molecule has 174 valence electrons. The van der Waals surface area contributed by atoms with Crippen LogP contribution in [0.2, 0.25) is 5.02 Å². The minimum absolute atomic E-state index is 0.0754. The first-order chi connectivity index (χ1) is 15.7. The average molecular weight is 480 g/mol. The number of amides is 2. The third-order valence-electron chi connectivity index (χ3n) is 7.03. The molecular formula is C22H20ClF2N3O5. The summed E-state index contributed by atoms with van der Waals surface area (Å²) in [6, 6.07) is 1.79. The zero-order chi connectivity index (χ0) is 23.7. The van der Waals surface area contributed by atoms with Crippen LogP contribution in [-0.2, 0) is 11.3 Å². The Hall–Kier alpha value is -2.98. The molecule has 2 N–H and O–H groups in total. The number of rotatable bonds is 3. The van der Waals surface area contributed by atoms with Gasteiger partial charge < -0.3 is 24.6 Å². The van der Waals surface area contributed by atoms with Gasteiger partial charge >= 0.3 is 0 Å². The molecule has 5 rings (SSSR count). The quantitative estimate of drug-likeness (QED) is 0.658. The van der Waals surface area contributed by atoms with Crippen LogP contribution < -0.4 is 10.7 Å². The number of halogens is 3. The van der Waals surface area contributed by atoms with Gasteiger partial charge in [-0.3, -0.25) is 14.4 Å². The zero-order valence-electron chi connectivity index (χ0n) is 17.5. The molecule has 1 unspecified atom stereocenters. The first-order valence-electron chi connectivity index (χ1n) is 10.5. The van der Waals surface area contributed by atoms with Crippen molar-refractivity contribution in [3.63, 3.8) is 0 Å². The van der Waals surface area contributed by atoms with E-state index >= 15 is 0 Å². The van der Waals surface area contributed by atoms with E-state index in [1.54, 1.807) is 4.90 Å². The fourth-order valence-corrected chi connectivity index (χ4v) is 5.48. The van der Waals surface area contributed by atoms with Crippen molar-refractivity contribution in [2.24, 2.45) is 0 Å². The summed E-state index contributed by atoms with van der Waals surface area (Å²) in [6.07, 6.45) is 2.23. The van der Waals surface area contributed by atoms with Crippen LogP contribution in [-0.4, -0.2) is 51.2 Å². The molecule has 3 atom stereocenters. The number of aromatic nitrogens is 1. The molecule has 0 saturated carbocycles. The molecule has 11 heteroatoms. The van der Waals surface area contributed by atoms with E-state index < -0.39 is 50.8 Å². The van der Waals surface area contributed by atoms with Gasteiger partial charge in [0.25, 0.3) is 11.8 Å². The van der Waals surface area contributed by atoms with Crippen molar-refractivity contribution in [1.82, 2.24) is 14.8 Å². The molecule has 1 aromatic carbocycles. The van der Waals surface area contributed by atoms with Crippen LogP contribution in [0.4, 0.5) is 8.78 Å². The molecule has 0 spiro atoms. The number of fused-ring (bicyclic) bond motifs is 2. The number of carbonyl (C=O) groups excluding carboxylic acids is 2. The van der Waals surface area contributed by atoms with E-state index in [1.807, 2.05) is 6.92 Å². The second-order valence-electron chi connectivity index (χ2n) is 8.63. The highest BCUT2D eigenvalue weighted by molar-refractivity contribution is 6.30. The predicted molar refractivity (Wildman–Crippen MR) is 112 cm³/mol. The lowest BCUT2D eigenvalue weighted by molar-refractivity contribution is -0.0890. The van der Waals surface area contributed by atoms with Crippen LogP contribution in [0, 0.1) is 11.6 Å². The van der Waals surface area contributed by atoms with Gasteiger partial charge in [-0.05, 0) is 25.8 Å². The molecule has 2 aromatic rings. The predicted octanol–water partition coefficient (Wildman–Crippen LogP) is 2.36. The van der Waals surface area contributed by atoms with E-state index in [4.69, 9.17) is 16.3 Å². The molecule has 3 aliphatic rings. The molecule has 2 amide bonds. The Morgan fingerprint density at radius 2 is 2.09 bits per heavy atom. The summed E-state index contributed by atoms with van der Waals surface area (Å²) in [7, 11) is 0. The van der Waals surface area contributed by atoms with Crippen LogP contribution in [0.1, 0.15) is 52.2 Å². The maximum Gasteiger partial charge on any atom is 0.275 e. The lowest BCUT2D eigenvalue weighted by Crippen LogP contribution is -2.63.